The molecule has 0 spiro atoms. The predicted molar refractivity (Wildman–Crippen MR) is 102 cm³/mol. The minimum Gasteiger partial charge on any atom is -0.481 e. The molecule has 138 valence electrons. The van der Waals surface area contributed by atoms with Gasteiger partial charge in [0, 0.05) is 16.5 Å². The minimum atomic E-state index is -1.62. The molecule has 0 aromatic heterocycles. The number of carboxylic acids is 2. The summed E-state index contributed by atoms with van der Waals surface area (Å²) in [6.45, 7) is 3.14. The summed E-state index contributed by atoms with van der Waals surface area (Å²) in [5, 5.41) is 20.9. The molecule has 2 aromatic rings. The van der Waals surface area contributed by atoms with E-state index >= 15 is 0 Å². The van der Waals surface area contributed by atoms with Crippen LogP contribution >= 0.6 is 15.9 Å². The van der Waals surface area contributed by atoms with Crippen LogP contribution in [-0.2, 0) is 9.59 Å². The molecule has 2 rings (SSSR count). The van der Waals surface area contributed by atoms with E-state index in [0.717, 1.165) is 15.2 Å². The largest absolute Gasteiger partial charge is 0.481 e. The van der Waals surface area contributed by atoms with Crippen molar-refractivity contribution in [2.24, 2.45) is 11.3 Å². The van der Waals surface area contributed by atoms with Gasteiger partial charge in [-0.05, 0) is 35.4 Å². The van der Waals surface area contributed by atoms with Gasteiger partial charge in [0.15, 0.2) is 5.78 Å². The summed E-state index contributed by atoms with van der Waals surface area (Å²) in [6, 6.07) is 10.8. The molecule has 0 aliphatic rings. The Bertz CT molecular complexity index is 860. The fourth-order valence-corrected chi connectivity index (χ4v) is 3.67. The number of hydrogen-bond donors (Lipinski definition) is 2. The Labute approximate surface area is 160 Å². The molecular formula is C20H21BrO5. The molecule has 6 heteroatoms. The van der Waals surface area contributed by atoms with Crippen LogP contribution in [0.5, 0.6) is 0 Å². The Morgan fingerprint density at radius 2 is 1.69 bits per heavy atom. The van der Waals surface area contributed by atoms with E-state index in [4.69, 9.17) is 0 Å². The van der Waals surface area contributed by atoms with Crippen LogP contribution in [0.3, 0.4) is 0 Å². The molecule has 0 aliphatic heterocycles. The molecule has 0 heterocycles. The van der Waals surface area contributed by atoms with E-state index in [1.54, 1.807) is 25.1 Å². The Balaban J connectivity index is 2.41. The average molecular weight is 421 g/mol. The zero-order chi connectivity index (χ0) is 19.5. The van der Waals surface area contributed by atoms with Crippen molar-refractivity contribution in [2.75, 3.05) is 0 Å². The molecule has 0 saturated carbocycles. The van der Waals surface area contributed by atoms with Crippen LogP contribution in [0.4, 0.5) is 0 Å². The molecule has 5 nitrogen and oxygen atoms in total. The maximum Gasteiger partial charge on any atom is 0.310 e. The van der Waals surface area contributed by atoms with Gasteiger partial charge in [0.05, 0.1) is 11.3 Å². The lowest BCUT2D eigenvalue weighted by Gasteiger charge is -2.32. The number of fused-ring (bicyclic) bond motifs is 1. The molecule has 2 aromatic carbocycles. The Morgan fingerprint density at radius 1 is 1.08 bits per heavy atom. The van der Waals surface area contributed by atoms with Crippen molar-refractivity contribution in [3.63, 3.8) is 0 Å². The second kappa shape index (κ2) is 7.99. The highest BCUT2D eigenvalue weighted by molar-refractivity contribution is 9.10. The summed E-state index contributed by atoms with van der Waals surface area (Å²) >= 11 is 3.39. The molecule has 2 atom stereocenters. The highest BCUT2D eigenvalue weighted by Crippen LogP contribution is 2.39. The van der Waals surface area contributed by atoms with Crippen molar-refractivity contribution >= 4 is 44.4 Å². The second-order valence-electron chi connectivity index (χ2n) is 6.58. The number of aliphatic carboxylic acids is 2. The fourth-order valence-electron chi connectivity index (χ4n) is 3.29. The van der Waals surface area contributed by atoms with Gasteiger partial charge >= 0.3 is 11.9 Å². The van der Waals surface area contributed by atoms with Gasteiger partial charge in [0.25, 0.3) is 0 Å². The number of carboxylic acid groups (broad SMARTS) is 2. The minimum absolute atomic E-state index is 0.127. The number of ketones is 1. The van der Waals surface area contributed by atoms with E-state index in [0.29, 0.717) is 12.0 Å². The fraction of sp³-hybridized carbons (Fsp3) is 0.350. The van der Waals surface area contributed by atoms with Crippen LogP contribution < -0.4 is 0 Å². The third-order valence-electron chi connectivity index (χ3n) is 4.92. The quantitative estimate of drug-likeness (QED) is 0.600. The van der Waals surface area contributed by atoms with E-state index in [1.165, 1.54) is 6.92 Å². The molecule has 0 aliphatic carbocycles. The maximum absolute atomic E-state index is 12.8. The first kappa shape index (κ1) is 20.1. The lowest BCUT2D eigenvalue weighted by molar-refractivity contribution is -0.162. The number of carbonyl (C=O) groups is 3. The van der Waals surface area contributed by atoms with Gasteiger partial charge in [-0.25, -0.2) is 0 Å². The van der Waals surface area contributed by atoms with Crippen LogP contribution in [0.1, 0.15) is 43.5 Å². The molecule has 0 fully saturated rings. The van der Waals surface area contributed by atoms with Crippen LogP contribution in [0.25, 0.3) is 10.8 Å². The van der Waals surface area contributed by atoms with Gasteiger partial charge in [0.2, 0.25) is 0 Å². The average Bonchev–Trinajstić information content (AvgIpc) is 2.59. The molecule has 2 N–H and O–H groups in total. The number of Topliss-reactive ketones (excluding diaryl/α,β-unsaturated/α-hetero) is 1. The van der Waals surface area contributed by atoms with Crippen LogP contribution in [0, 0.1) is 11.3 Å². The summed E-state index contributed by atoms with van der Waals surface area (Å²) in [7, 11) is 0. The van der Waals surface area contributed by atoms with Gasteiger partial charge in [-0.1, -0.05) is 54.4 Å². The summed E-state index contributed by atoms with van der Waals surface area (Å²) in [4.78, 5) is 36.2. The van der Waals surface area contributed by atoms with E-state index in [1.807, 2.05) is 18.2 Å². The van der Waals surface area contributed by atoms with Crippen LogP contribution in [0.2, 0.25) is 0 Å². The number of hydrogen-bond acceptors (Lipinski definition) is 3. The number of carbonyl (C=O) groups excluding carboxylic acids is 1. The number of rotatable bonds is 8. The molecule has 0 bridgehead atoms. The first-order chi connectivity index (χ1) is 12.2. The smallest absolute Gasteiger partial charge is 0.310 e. The monoisotopic (exact) mass is 420 g/mol. The SMILES string of the molecule is CCCC(CC(=O)c1ccc2cc(Br)ccc2c1)(C(=O)O)C(C)C(=O)O. The highest BCUT2D eigenvalue weighted by Gasteiger charge is 2.48. The van der Waals surface area contributed by atoms with E-state index < -0.39 is 23.3 Å². The summed E-state index contributed by atoms with van der Waals surface area (Å²) in [6.07, 6.45) is 0.261. The first-order valence-corrected chi connectivity index (χ1v) is 9.19. The van der Waals surface area contributed by atoms with Gasteiger partial charge in [-0.3, -0.25) is 14.4 Å². The zero-order valence-electron chi connectivity index (χ0n) is 14.7. The van der Waals surface area contributed by atoms with E-state index in [-0.39, 0.29) is 18.6 Å². The van der Waals surface area contributed by atoms with Gasteiger partial charge in [0.1, 0.15) is 0 Å². The van der Waals surface area contributed by atoms with Crippen LogP contribution in [-0.4, -0.2) is 27.9 Å². The van der Waals surface area contributed by atoms with Crippen molar-refractivity contribution in [3.8, 4) is 0 Å². The van der Waals surface area contributed by atoms with Crippen molar-refractivity contribution in [3.05, 3.63) is 46.4 Å². The predicted octanol–water partition coefficient (Wildman–Crippen LogP) is 4.77. The summed E-state index contributed by atoms with van der Waals surface area (Å²) < 4.78 is 0.923. The second-order valence-corrected chi connectivity index (χ2v) is 7.49. The first-order valence-electron chi connectivity index (χ1n) is 8.40. The number of benzene rings is 2. The Morgan fingerprint density at radius 3 is 2.27 bits per heavy atom. The lowest BCUT2D eigenvalue weighted by Crippen LogP contribution is -2.43. The molecule has 0 radical (unpaired) electrons. The molecule has 26 heavy (non-hydrogen) atoms. The van der Waals surface area contributed by atoms with Crippen molar-refractivity contribution in [1.29, 1.82) is 0 Å². The van der Waals surface area contributed by atoms with Gasteiger partial charge < -0.3 is 10.2 Å². The Hall–Kier alpha value is -2.21. The summed E-state index contributed by atoms with van der Waals surface area (Å²) in [5.41, 5.74) is -1.23. The van der Waals surface area contributed by atoms with Crippen molar-refractivity contribution < 1.29 is 24.6 Å². The topological polar surface area (TPSA) is 91.7 Å². The third-order valence-corrected chi connectivity index (χ3v) is 5.41. The maximum atomic E-state index is 12.8. The van der Waals surface area contributed by atoms with Crippen molar-refractivity contribution in [2.45, 2.75) is 33.1 Å². The van der Waals surface area contributed by atoms with Crippen LogP contribution in [0.15, 0.2) is 40.9 Å². The molecule has 0 amide bonds. The summed E-state index contributed by atoms with van der Waals surface area (Å²) in [5.74, 6) is -3.98. The lowest BCUT2D eigenvalue weighted by atomic mass is 9.69. The highest BCUT2D eigenvalue weighted by atomic mass is 79.9. The molecule has 0 saturated heterocycles. The Kier molecular flexibility index (Phi) is 6.18. The number of halogens is 1. The van der Waals surface area contributed by atoms with Gasteiger partial charge in [-0.15, -0.1) is 0 Å². The molecule has 2 unspecified atom stereocenters. The molecular weight excluding hydrogens is 400 g/mol. The van der Waals surface area contributed by atoms with E-state index in [2.05, 4.69) is 15.9 Å². The normalized spacial score (nSPS) is 14.6. The standard InChI is InChI=1S/C20H21BrO5/c1-3-8-20(19(25)26,12(2)18(23)24)11-17(22)15-5-4-14-10-16(21)7-6-13(14)9-15/h4-7,9-10,12H,3,8,11H2,1-2H3,(H,23,24)(H,25,26). The third kappa shape index (κ3) is 3.96. The van der Waals surface area contributed by atoms with Crippen molar-refractivity contribution in [1.82, 2.24) is 0 Å². The van der Waals surface area contributed by atoms with Gasteiger partial charge in [-0.2, -0.15) is 0 Å². The zero-order valence-corrected chi connectivity index (χ0v) is 16.2. The van der Waals surface area contributed by atoms with E-state index in [9.17, 15) is 24.6 Å².